The number of nitrogens with zero attached hydrogens (tertiary/aromatic N) is 1. The van der Waals surface area contributed by atoms with Crippen LogP contribution in [0.2, 0.25) is 0 Å². The standard InChI is InChI=1S/C9H7FN2O2S/c1-14-8(13)4-2-5(10)7-6(3-4)15-9(11)12-7/h2-3H,1H3,(H2,11,12). The number of hydrogen-bond donors (Lipinski definition) is 1. The number of anilines is 1. The Morgan fingerprint density at radius 3 is 3.00 bits per heavy atom. The molecule has 0 atom stereocenters. The summed E-state index contributed by atoms with van der Waals surface area (Å²) in [7, 11) is 1.24. The number of halogens is 1. The van der Waals surface area contributed by atoms with E-state index in [1.165, 1.54) is 13.2 Å². The van der Waals surface area contributed by atoms with Crippen LogP contribution < -0.4 is 5.73 Å². The molecule has 15 heavy (non-hydrogen) atoms. The van der Waals surface area contributed by atoms with Crippen molar-refractivity contribution in [2.75, 3.05) is 12.8 Å². The van der Waals surface area contributed by atoms with Crippen LogP contribution >= 0.6 is 11.3 Å². The van der Waals surface area contributed by atoms with E-state index in [4.69, 9.17) is 5.73 Å². The van der Waals surface area contributed by atoms with Crippen LogP contribution in [0.25, 0.3) is 10.2 Å². The van der Waals surface area contributed by atoms with Gasteiger partial charge in [-0.1, -0.05) is 11.3 Å². The maximum Gasteiger partial charge on any atom is 0.338 e. The molecule has 1 aromatic carbocycles. The van der Waals surface area contributed by atoms with Gasteiger partial charge in [-0.05, 0) is 12.1 Å². The van der Waals surface area contributed by atoms with Crippen molar-refractivity contribution >= 4 is 32.7 Å². The van der Waals surface area contributed by atoms with Gasteiger partial charge in [0.15, 0.2) is 10.9 Å². The summed E-state index contributed by atoms with van der Waals surface area (Å²) in [6.45, 7) is 0. The van der Waals surface area contributed by atoms with E-state index in [1.54, 1.807) is 0 Å². The molecule has 0 aliphatic heterocycles. The van der Waals surface area contributed by atoms with Crippen LogP contribution in [-0.2, 0) is 4.74 Å². The summed E-state index contributed by atoms with van der Waals surface area (Å²) in [5.74, 6) is -1.15. The third-order valence-corrected chi connectivity index (χ3v) is 2.72. The van der Waals surface area contributed by atoms with Crippen molar-refractivity contribution in [1.29, 1.82) is 0 Å². The second-order valence-corrected chi connectivity index (χ2v) is 3.91. The first-order valence-corrected chi connectivity index (χ1v) is 4.87. The lowest BCUT2D eigenvalue weighted by Gasteiger charge is -1.98. The van der Waals surface area contributed by atoms with Crippen molar-refractivity contribution < 1.29 is 13.9 Å². The normalized spacial score (nSPS) is 10.5. The van der Waals surface area contributed by atoms with Crippen molar-refractivity contribution in [2.45, 2.75) is 0 Å². The molecule has 6 heteroatoms. The van der Waals surface area contributed by atoms with Crippen molar-refractivity contribution in [2.24, 2.45) is 0 Å². The van der Waals surface area contributed by atoms with E-state index in [2.05, 4.69) is 9.72 Å². The lowest BCUT2D eigenvalue weighted by molar-refractivity contribution is 0.0600. The van der Waals surface area contributed by atoms with Gasteiger partial charge in [0.25, 0.3) is 0 Å². The van der Waals surface area contributed by atoms with E-state index < -0.39 is 11.8 Å². The number of thiazole rings is 1. The molecule has 0 unspecified atom stereocenters. The van der Waals surface area contributed by atoms with E-state index in [1.807, 2.05) is 0 Å². The Balaban J connectivity index is 2.66. The fraction of sp³-hybridized carbons (Fsp3) is 0.111. The highest BCUT2D eigenvalue weighted by Gasteiger charge is 2.13. The molecule has 0 spiro atoms. The number of esters is 1. The van der Waals surface area contributed by atoms with Gasteiger partial charge in [-0.25, -0.2) is 14.2 Å². The van der Waals surface area contributed by atoms with Crippen LogP contribution in [0.15, 0.2) is 12.1 Å². The fourth-order valence-corrected chi connectivity index (χ4v) is 2.03. The smallest absolute Gasteiger partial charge is 0.338 e. The van der Waals surface area contributed by atoms with E-state index >= 15 is 0 Å². The highest BCUT2D eigenvalue weighted by atomic mass is 32.1. The molecule has 2 N–H and O–H groups in total. The predicted octanol–water partition coefficient (Wildman–Crippen LogP) is 1.80. The van der Waals surface area contributed by atoms with Gasteiger partial charge in [0.2, 0.25) is 0 Å². The maximum absolute atomic E-state index is 13.4. The second-order valence-electron chi connectivity index (χ2n) is 2.85. The molecule has 1 aromatic heterocycles. The van der Waals surface area contributed by atoms with E-state index in [0.717, 1.165) is 17.4 Å². The Bertz CT molecular complexity index is 538. The molecule has 2 aromatic rings. The molecule has 2 rings (SSSR count). The van der Waals surface area contributed by atoms with Crippen LogP contribution in [0.5, 0.6) is 0 Å². The molecule has 0 radical (unpaired) electrons. The summed E-state index contributed by atoms with van der Waals surface area (Å²) in [4.78, 5) is 15.0. The Morgan fingerprint density at radius 2 is 2.33 bits per heavy atom. The molecule has 0 aliphatic rings. The summed E-state index contributed by atoms with van der Waals surface area (Å²) in [6, 6.07) is 2.60. The molecule has 0 aliphatic carbocycles. The quantitative estimate of drug-likeness (QED) is 0.753. The summed E-state index contributed by atoms with van der Waals surface area (Å²) >= 11 is 1.13. The first kappa shape index (κ1) is 9.85. The third-order valence-electron chi connectivity index (χ3n) is 1.89. The van der Waals surface area contributed by atoms with Gasteiger partial charge in [-0.3, -0.25) is 0 Å². The zero-order chi connectivity index (χ0) is 11.0. The molecular weight excluding hydrogens is 219 g/mol. The number of carbonyl (C=O) groups is 1. The van der Waals surface area contributed by atoms with Crippen LogP contribution in [0.4, 0.5) is 9.52 Å². The van der Waals surface area contributed by atoms with E-state index in [0.29, 0.717) is 4.70 Å². The lowest BCUT2D eigenvalue weighted by Crippen LogP contribution is -2.01. The number of carbonyl (C=O) groups excluding carboxylic acids is 1. The molecule has 0 saturated heterocycles. The number of rotatable bonds is 1. The van der Waals surface area contributed by atoms with Crippen molar-refractivity contribution in [1.82, 2.24) is 4.98 Å². The first-order valence-electron chi connectivity index (χ1n) is 4.05. The third kappa shape index (κ3) is 1.63. The maximum atomic E-state index is 13.4. The Kier molecular flexibility index (Phi) is 2.28. The molecule has 4 nitrogen and oxygen atoms in total. The number of nitrogen functional groups attached to an aromatic ring is 1. The van der Waals surface area contributed by atoms with Crippen molar-refractivity contribution in [3.8, 4) is 0 Å². The number of aromatic nitrogens is 1. The average Bonchev–Trinajstić information content (AvgIpc) is 2.58. The Morgan fingerprint density at radius 1 is 1.60 bits per heavy atom. The zero-order valence-corrected chi connectivity index (χ0v) is 8.60. The fourth-order valence-electron chi connectivity index (χ4n) is 1.24. The largest absolute Gasteiger partial charge is 0.465 e. The Labute approximate surface area is 88.5 Å². The zero-order valence-electron chi connectivity index (χ0n) is 7.78. The molecule has 78 valence electrons. The summed E-state index contributed by atoms with van der Waals surface area (Å²) in [6.07, 6.45) is 0. The topological polar surface area (TPSA) is 65.2 Å². The predicted molar refractivity (Wildman–Crippen MR) is 55.3 cm³/mol. The van der Waals surface area contributed by atoms with Gasteiger partial charge in [-0.15, -0.1) is 0 Å². The minimum Gasteiger partial charge on any atom is -0.465 e. The molecule has 0 bridgehead atoms. The second kappa shape index (κ2) is 3.47. The summed E-state index contributed by atoms with van der Waals surface area (Å²) in [5, 5.41) is 0.269. The highest BCUT2D eigenvalue weighted by Crippen LogP contribution is 2.27. The highest BCUT2D eigenvalue weighted by molar-refractivity contribution is 7.22. The number of ether oxygens (including phenoxy) is 1. The van der Waals surface area contributed by atoms with E-state index in [9.17, 15) is 9.18 Å². The number of nitrogens with two attached hydrogens (primary N) is 1. The molecule has 0 saturated carbocycles. The van der Waals surface area contributed by atoms with Crippen molar-refractivity contribution in [3.63, 3.8) is 0 Å². The molecule has 0 amide bonds. The van der Waals surface area contributed by atoms with Gasteiger partial charge >= 0.3 is 5.97 Å². The van der Waals surface area contributed by atoms with Crippen LogP contribution in [-0.4, -0.2) is 18.1 Å². The molecule has 1 heterocycles. The van der Waals surface area contributed by atoms with Gasteiger partial charge in [0.1, 0.15) is 5.52 Å². The monoisotopic (exact) mass is 226 g/mol. The van der Waals surface area contributed by atoms with E-state index in [-0.39, 0.29) is 16.2 Å². The summed E-state index contributed by atoms with van der Waals surface area (Å²) in [5.41, 5.74) is 5.79. The Hall–Kier alpha value is -1.69. The first-order chi connectivity index (χ1) is 7.11. The lowest BCUT2D eigenvalue weighted by atomic mass is 10.2. The number of benzene rings is 1. The summed E-state index contributed by atoms with van der Waals surface area (Å²) < 4.78 is 18.5. The van der Waals surface area contributed by atoms with Gasteiger partial charge in [-0.2, -0.15) is 0 Å². The van der Waals surface area contributed by atoms with Gasteiger partial charge in [0.05, 0.1) is 17.4 Å². The van der Waals surface area contributed by atoms with Gasteiger partial charge in [0, 0.05) is 0 Å². The number of fused-ring (bicyclic) bond motifs is 1. The average molecular weight is 226 g/mol. The van der Waals surface area contributed by atoms with Crippen LogP contribution in [0.3, 0.4) is 0 Å². The van der Waals surface area contributed by atoms with Crippen LogP contribution in [0.1, 0.15) is 10.4 Å². The SMILES string of the molecule is COC(=O)c1cc(F)c2nc(N)sc2c1. The van der Waals surface area contributed by atoms with Crippen LogP contribution in [0, 0.1) is 5.82 Å². The molecular formula is C9H7FN2O2S. The number of hydrogen-bond acceptors (Lipinski definition) is 5. The minimum absolute atomic E-state index is 0.158. The van der Waals surface area contributed by atoms with Gasteiger partial charge < -0.3 is 10.5 Å². The van der Waals surface area contributed by atoms with Crippen molar-refractivity contribution in [3.05, 3.63) is 23.5 Å². The molecule has 0 fully saturated rings. The number of methoxy groups -OCH3 is 1. The minimum atomic E-state index is -0.581.